The van der Waals surface area contributed by atoms with Gasteiger partial charge >= 0.3 is 5.97 Å². The average molecular weight is 529 g/mol. The Labute approximate surface area is 227 Å². The van der Waals surface area contributed by atoms with Crippen molar-refractivity contribution in [3.63, 3.8) is 0 Å². The molecule has 1 aliphatic rings. The summed E-state index contributed by atoms with van der Waals surface area (Å²) < 4.78 is 30.4. The van der Waals surface area contributed by atoms with E-state index in [1.54, 1.807) is 6.07 Å². The summed E-state index contributed by atoms with van der Waals surface area (Å²) in [5.74, 6) is -0.531. The van der Waals surface area contributed by atoms with Crippen molar-refractivity contribution in [1.82, 2.24) is 10.2 Å². The lowest BCUT2D eigenvalue weighted by atomic mass is 10.0. The number of ether oxygens (including phenoxy) is 5. The average Bonchev–Trinajstić information content (AvgIpc) is 3.61. The Morgan fingerprint density at radius 1 is 0.795 bits per heavy atom. The summed E-state index contributed by atoms with van der Waals surface area (Å²) in [6, 6.07) is 31.5. The Kier molecular flexibility index (Phi) is 9.13. The van der Waals surface area contributed by atoms with Gasteiger partial charge in [0.2, 0.25) is 0 Å². The molecule has 0 amide bonds. The zero-order chi connectivity index (χ0) is 26.9. The van der Waals surface area contributed by atoms with E-state index in [4.69, 9.17) is 23.7 Å². The van der Waals surface area contributed by atoms with Crippen LogP contribution in [-0.4, -0.2) is 48.2 Å². The first kappa shape index (κ1) is 26.8. The fourth-order valence-corrected chi connectivity index (χ4v) is 4.59. The van der Waals surface area contributed by atoms with E-state index in [2.05, 4.69) is 10.2 Å². The van der Waals surface area contributed by atoms with Crippen molar-refractivity contribution in [2.24, 2.45) is 0 Å². The highest BCUT2D eigenvalue weighted by atomic mass is 16.6. The van der Waals surface area contributed by atoms with E-state index in [1.165, 1.54) is 7.11 Å². The molecule has 1 N–H and O–H groups in total. The van der Waals surface area contributed by atoms with Gasteiger partial charge in [-0.05, 0) is 22.8 Å². The number of rotatable bonds is 12. The number of esters is 1. The topological polar surface area (TPSA) is 91.9 Å². The van der Waals surface area contributed by atoms with Crippen LogP contribution in [0.3, 0.4) is 0 Å². The highest BCUT2D eigenvalue weighted by Gasteiger charge is 2.48. The summed E-state index contributed by atoms with van der Waals surface area (Å²) in [6.45, 7) is 1.50. The molecule has 5 rings (SSSR count). The van der Waals surface area contributed by atoms with Gasteiger partial charge < -0.3 is 23.7 Å². The molecular formula is C31H32N2O6. The quantitative estimate of drug-likeness (QED) is 0.258. The minimum Gasteiger partial charge on any atom is -0.464 e. The normalized spacial score (nSPS) is 20.6. The highest BCUT2D eigenvalue weighted by molar-refractivity contribution is 5.87. The summed E-state index contributed by atoms with van der Waals surface area (Å²) in [7, 11) is 1.32. The third-order valence-corrected chi connectivity index (χ3v) is 6.57. The Hall–Kier alpha value is -3.82. The molecule has 1 saturated heterocycles. The molecule has 1 aromatic heterocycles. The smallest absolute Gasteiger partial charge is 0.358 e. The number of hydrogen-bond donors (Lipinski definition) is 1. The summed E-state index contributed by atoms with van der Waals surface area (Å²) in [4.78, 5) is 12.1. The molecule has 1 aliphatic heterocycles. The Morgan fingerprint density at radius 2 is 1.33 bits per heavy atom. The van der Waals surface area contributed by atoms with Crippen LogP contribution < -0.4 is 0 Å². The van der Waals surface area contributed by atoms with Gasteiger partial charge in [-0.1, -0.05) is 91.0 Å². The van der Waals surface area contributed by atoms with Crippen LogP contribution in [0.15, 0.2) is 97.1 Å². The molecule has 4 aromatic rings. The lowest BCUT2D eigenvalue weighted by Gasteiger charge is -2.25. The van der Waals surface area contributed by atoms with Crippen LogP contribution in [0.1, 0.15) is 39.0 Å². The molecule has 0 bridgehead atoms. The second-order valence-electron chi connectivity index (χ2n) is 9.32. The van der Waals surface area contributed by atoms with Gasteiger partial charge in [-0.15, -0.1) is 0 Å². The van der Waals surface area contributed by atoms with Crippen molar-refractivity contribution < 1.29 is 28.5 Å². The number of aromatic nitrogens is 2. The van der Waals surface area contributed by atoms with Crippen LogP contribution in [0.2, 0.25) is 0 Å². The first-order chi connectivity index (χ1) is 19.2. The number of hydrogen-bond acceptors (Lipinski definition) is 7. The van der Waals surface area contributed by atoms with Gasteiger partial charge in [0.15, 0.2) is 5.69 Å². The van der Waals surface area contributed by atoms with E-state index in [9.17, 15) is 4.79 Å². The maximum absolute atomic E-state index is 12.1. The second-order valence-corrected chi connectivity index (χ2v) is 9.32. The molecule has 0 spiro atoms. The van der Waals surface area contributed by atoms with Gasteiger partial charge in [0.25, 0.3) is 0 Å². The van der Waals surface area contributed by atoms with E-state index >= 15 is 0 Å². The minimum atomic E-state index is -0.564. The van der Waals surface area contributed by atoms with Crippen LogP contribution in [0.5, 0.6) is 0 Å². The molecule has 1 fully saturated rings. The third kappa shape index (κ3) is 6.99. The van der Waals surface area contributed by atoms with Crippen molar-refractivity contribution in [2.75, 3.05) is 13.7 Å². The van der Waals surface area contributed by atoms with Crippen LogP contribution in [0, 0.1) is 0 Å². The van der Waals surface area contributed by atoms with Gasteiger partial charge in [-0.25, -0.2) is 4.79 Å². The molecule has 2 heterocycles. The van der Waals surface area contributed by atoms with Crippen molar-refractivity contribution in [3.05, 3.63) is 125 Å². The first-order valence-electron chi connectivity index (χ1n) is 12.9. The molecule has 39 heavy (non-hydrogen) atoms. The van der Waals surface area contributed by atoms with Gasteiger partial charge in [0.1, 0.15) is 24.4 Å². The maximum atomic E-state index is 12.1. The summed E-state index contributed by atoms with van der Waals surface area (Å²) in [5.41, 5.74) is 3.92. The summed E-state index contributed by atoms with van der Waals surface area (Å²) in [6.07, 6.45) is -1.93. The summed E-state index contributed by atoms with van der Waals surface area (Å²) >= 11 is 0. The van der Waals surface area contributed by atoms with Crippen LogP contribution in [0.4, 0.5) is 0 Å². The maximum Gasteiger partial charge on any atom is 0.358 e. The summed E-state index contributed by atoms with van der Waals surface area (Å²) in [5, 5.41) is 7.06. The third-order valence-electron chi connectivity index (χ3n) is 6.57. The van der Waals surface area contributed by atoms with E-state index in [0.717, 1.165) is 16.7 Å². The molecule has 0 unspecified atom stereocenters. The number of carbonyl (C=O) groups excluding carboxylic acids is 1. The Balaban J connectivity index is 1.38. The number of nitrogens with zero attached hydrogens (tertiary/aromatic N) is 1. The number of methoxy groups -OCH3 is 1. The predicted octanol–water partition coefficient (Wildman–Crippen LogP) is 5.02. The van der Waals surface area contributed by atoms with Crippen LogP contribution in [-0.2, 0) is 43.5 Å². The van der Waals surface area contributed by atoms with Crippen LogP contribution >= 0.6 is 0 Å². The molecule has 0 aliphatic carbocycles. The zero-order valence-corrected chi connectivity index (χ0v) is 21.8. The van der Waals surface area contributed by atoms with Gasteiger partial charge in [-0.2, -0.15) is 5.10 Å². The predicted molar refractivity (Wildman–Crippen MR) is 144 cm³/mol. The molecule has 0 radical (unpaired) electrons. The van der Waals surface area contributed by atoms with E-state index in [0.29, 0.717) is 32.1 Å². The van der Waals surface area contributed by atoms with Crippen molar-refractivity contribution in [3.8, 4) is 0 Å². The standard InChI is InChI=1S/C31H32N2O6/c1-35-31(34)26-17-25(32-33-26)28-30(38-20-24-15-9-4-10-16-24)29(37-19-23-13-7-3-8-14-23)27(39-28)21-36-18-22-11-5-2-6-12-22/h2-17,27-30H,18-21H2,1H3,(H,32,33)/t27-,28+,29-,30+/m1/s1. The number of benzene rings is 3. The Morgan fingerprint density at radius 3 is 1.90 bits per heavy atom. The monoisotopic (exact) mass is 528 g/mol. The Bertz CT molecular complexity index is 1300. The SMILES string of the molecule is COC(=O)c1cc([C@@H]2O[C@H](COCc3ccccc3)[C@@H](OCc3ccccc3)[C@H]2OCc2ccccc2)[nH]n1. The van der Waals surface area contributed by atoms with Gasteiger partial charge in [0, 0.05) is 0 Å². The van der Waals surface area contributed by atoms with Crippen LogP contribution in [0.25, 0.3) is 0 Å². The first-order valence-corrected chi connectivity index (χ1v) is 12.9. The molecule has 8 heteroatoms. The second kappa shape index (κ2) is 13.3. The van der Waals surface area contributed by atoms with Gasteiger partial charge in [0.05, 0.1) is 39.2 Å². The lowest BCUT2D eigenvalue weighted by molar-refractivity contribution is -0.0898. The molecule has 4 atom stereocenters. The zero-order valence-electron chi connectivity index (χ0n) is 21.8. The molecule has 202 valence electrons. The highest BCUT2D eigenvalue weighted by Crippen LogP contribution is 2.38. The fraction of sp³-hybridized carbons (Fsp3) is 0.290. The number of aromatic amines is 1. The molecule has 3 aromatic carbocycles. The number of H-pyrrole nitrogens is 1. The van der Waals surface area contributed by atoms with Crippen molar-refractivity contribution in [1.29, 1.82) is 0 Å². The van der Waals surface area contributed by atoms with E-state index < -0.39 is 30.4 Å². The number of nitrogens with one attached hydrogen (secondary N) is 1. The lowest BCUT2D eigenvalue weighted by Crippen LogP contribution is -2.37. The minimum absolute atomic E-state index is 0.170. The van der Waals surface area contributed by atoms with E-state index in [1.807, 2.05) is 91.0 Å². The molecule has 0 saturated carbocycles. The molecular weight excluding hydrogens is 496 g/mol. The number of carbonyl (C=O) groups is 1. The van der Waals surface area contributed by atoms with Crippen molar-refractivity contribution in [2.45, 2.75) is 44.2 Å². The van der Waals surface area contributed by atoms with Crippen molar-refractivity contribution >= 4 is 5.97 Å². The molecule has 8 nitrogen and oxygen atoms in total. The largest absolute Gasteiger partial charge is 0.464 e. The van der Waals surface area contributed by atoms with E-state index in [-0.39, 0.29) is 5.69 Å². The van der Waals surface area contributed by atoms with Gasteiger partial charge in [-0.3, -0.25) is 5.10 Å². The fourth-order valence-electron chi connectivity index (χ4n) is 4.59.